The van der Waals surface area contributed by atoms with Gasteiger partial charge in [0.05, 0.1) is 0 Å². The van der Waals surface area contributed by atoms with Crippen LogP contribution >= 0.6 is 0 Å². The summed E-state index contributed by atoms with van der Waals surface area (Å²) < 4.78 is 0. The summed E-state index contributed by atoms with van der Waals surface area (Å²) in [6.45, 7) is 3.15. The van der Waals surface area contributed by atoms with E-state index in [2.05, 4.69) is 17.0 Å². The maximum absolute atomic E-state index is 12.5. The fourth-order valence-electron chi connectivity index (χ4n) is 3.13. The Kier molecular flexibility index (Phi) is 3.82. The van der Waals surface area contributed by atoms with Crippen molar-refractivity contribution < 1.29 is 9.59 Å². The summed E-state index contributed by atoms with van der Waals surface area (Å²) in [4.78, 5) is 29.9. The van der Waals surface area contributed by atoms with Gasteiger partial charge in [-0.15, -0.1) is 0 Å². The average molecular weight is 287 g/mol. The van der Waals surface area contributed by atoms with Crippen LogP contribution in [0.3, 0.4) is 0 Å². The molecule has 2 aliphatic rings. The molecule has 0 radical (unpaired) electrons. The molecule has 2 fully saturated rings. The number of carbonyl (C=O) groups excluding carboxylic acids is 2. The number of piperazine rings is 1. The molecule has 1 aromatic rings. The molecular formula is C16H21N3O2. The maximum Gasteiger partial charge on any atom is 0.245 e. The van der Waals surface area contributed by atoms with Gasteiger partial charge in [-0.3, -0.25) is 9.59 Å². The molecule has 0 aliphatic carbocycles. The number of hydrogen-bond donors (Lipinski definition) is 0. The first-order valence-electron chi connectivity index (χ1n) is 7.51. The molecule has 0 N–H and O–H groups in total. The third-order valence-corrected chi connectivity index (χ3v) is 4.49. The highest BCUT2D eigenvalue weighted by Gasteiger charge is 2.36. The minimum absolute atomic E-state index is 0.0799. The molecule has 112 valence electrons. The van der Waals surface area contributed by atoms with E-state index in [4.69, 9.17) is 0 Å². The van der Waals surface area contributed by atoms with Crippen LogP contribution in [0.25, 0.3) is 0 Å². The number of amides is 2. The minimum atomic E-state index is -0.249. The van der Waals surface area contributed by atoms with E-state index in [-0.39, 0.29) is 17.9 Å². The number of para-hydroxylation sites is 1. The van der Waals surface area contributed by atoms with Crippen LogP contribution in [0.5, 0.6) is 0 Å². The number of benzene rings is 1. The first-order chi connectivity index (χ1) is 10.2. The predicted octanol–water partition coefficient (Wildman–Crippen LogP) is 0.956. The molecule has 1 unspecified atom stereocenters. The maximum atomic E-state index is 12.5. The molecule has 2 amide bonds. The Balaban J connectivity index is 1.58. The van der Waals surface area contributed by atoms with Gasteiger partial charge in [0, 0.05) is 45.3 Å². The Labute approximate surface area is 125 Å². The zero-order valence-electron chi connectivity index (χ0n) is 12.4. The highest BCUT2D eigenvalue weighted by molar-refractivity contribution is 5.90. The average Bonchev–Trinajstić information content (AvgIpc) is 2.87. The quantitative estimate of drug-likeness (QED) is 0.813. The van der Waals surface area contributed by atoms with E-state index < -0.39 is 0 Å². The van der Waals surface area contributed by atoms with Gasteiger partial charge in [0.25, 0.3) is 0 Å². The lowest BCUT2D eigenvalue weighted by molar-refractivity contribution is -0.140. The number of carbonyl (C=O) groups is 2. The SMILES string of the molecule is CN1C(=O)CCC1C(=O)N1CCN(c2ccccc2)CC1. The minimum Gasteiger partial charge on any atom is -0.368 e. The lowest BCUT2D eigenvalue weighted by atomic mass is 10.1. The van der Waals surface area contributed by atoms with Crippen LogP contribution in [-0.4, -0.2) is 60.9 Å². The molecule has 5 heteroatoms. The number of likely N-dealkylation sites (N-methyl/N-ethyl adjacent to an activating group) is 1. The van der Waals surface area contributed by atoms with Gasteiger partial charge in [0.2, 0.25) is 11.8 Å². The zero-order chi connectivity index (χ0) is 14.8. The summed E-state index contributed by atoms with van der Waals surface area (Å²) in [7, 11) is 1.73. The van der Waals surface area contributed by atoms with Gasteiger partial charge in [-0.2, -0.15) is 0 Å². The van der Waals surface area contributed by atoms with Gasteiger partial charge < -0.3 is 14.7 Å². The number of rotatable bonds is 2. The molecule has 0 aromatic heterocycles. The van der Waals surface area contributed by atoms with Crippen LogP contribution < -0.4 is 4.90 Å². The van der Waals surface area contributed by atoms with E-state index >= 15 is 0 Å². The molecule has 2 aliphatic heterocycles. The Morgan fingerprint density at radius 3 is 2.33 bits per heavy atom. The van der Waals surface area contributed by atoms with Crippen molar-refractivity contribution in [3.63, 3.8) is 0 Å². The Bertz CT molecular complexity index is 524. The van der Waals surface area contributed by atoms with E-state index in [9.17, 15) is 9.59 Å². The molecule has 2 saturated heterocycles. The van der Waals surface area contributed by atoms with Crippen LogP contribution in [0.2, 0.25) is 0 Å². The predicted molar refractivity (Wildman–Crippen MR) is 81.0 cm³/mol. The van der Waals surface area contributed by atoms with Crippen molar-refractivity contribution in [1.29, 1.82) is 0 Å². The molecular weight excluding hydrogens is 266 g/mol. The highest BCUT2D eigenvalue weighted by atomic mass is 16.2. The van der Waals surface area contributed by atoms with Gasteiger partial charge in [-0.1, -0.05) is 18.2 Å². The Morgan fingerprint density at radius 1 is 1.10 bits per heavy atom. The second-order valence-electron chi connectivity index (χ2n) is 5.71. The smallest absolute Gasteiger partial charge is 0.245 e. The fraction of sp³-hybridized carbons (Fsp3) is 0.500. The summed E-state index contributed by atoms with van der Waals surface area (Å²) in [6, 6.07) is 10.0. The lowest BCUT2D eigenvalue weighted by Gasteiger charge is -2.37. The van der Waals surface area contributed by atoms with Crippen molar-refractivity contribution in [3.05, 3.63) is 30.3 Å². The van der Waals surface area contributed by atoms with Crippen LogP contribution in [0, 0.1) is 0 Å². The second kappa shape index (κ2) is 5.76. The normalized spacial score (nSPS) is 22.8. The summed E-state index contributed by atoms with van der Waals surface area (Å²) in [5.41, 5.74) is 1.21. The highest BCUT2D eigenvalue weighted by Crippen LogP contribution is 2.21. The molecule has 5 nitrogen and oxygen atoms in total. The third-order valence-electron chi connectivity index (χ3n) is 4.49. The van der Waals surface area contributed by atoms with Crippen molar-refractivity contribution in [1.82, 2.24) is 9.80 Å². The number of anilines is 1. The van der Waals surface area contributed by atoms with E-state index in [1.54, 1.807) is 11.9 Å². The number of hydrogen-bond acceptors (Lipinski definition) is 3. The van der Waals surface area contributed by atoms with Crippen LogP contribution in [0.15, 0.2) is 30.3 Å². The van der Waals surface area contributed by atoms with Crippen molar-refractivity contribution in [2.24, 2.45) is 0 Å². The van der Waals surface area contributed by atoms with Crippen LogP contribution in [0.4, 0.5) is 5.69 Å². The Hall–Kier alpha value is -2.04. The van der Waals surface area contributed by atoms with Crippen molar-refractivity contribution >= 4 is 17.5 Å². The molecule has 1 aromatic carbocycles. The Morgan fingerprint density at radius 2 is 1.76 bits per heavy atom. The molecule has 3 rings (SSSR count). The third kappa shape index (κ3) is 2.73. The van der Waals surface area contributed by atoms with E-state index in [1.807, 2.05) is 23.1 Å². The van der Waals surface area contributed by atoms with Gasteiger partial charge >= 0.3 is 0 Å². The van der Waals surface area contributed by atoms with Crippen LogP contribution in [-0.2, 0) is 9.59 Å². The second-order valence-corrected chi connectivity index (χ2v) is 5.71. The number of likely N-dealkylation sites (tertiary alicyclic amines) is 1. The van der Waals surface area contributed by atoms with Crippen molar-refractivity contribution in [2.75, 3.05) is 38.1 Å². The molecule has 0 bridgehead atoms. The summed E-state index contributed by atoms with van der Waals surface area (Å²) in [5, 5.41) is 0. The van der Waals surface area contributed by atoms with Crippen molar-refractivity contribution in [2.45, 2.75) is 18.9 Å². The van der Waals surface area contributed by atoms with Crippen LogP contribution in [0.1, 0.15) is 12.8 Å². The van der Waals surface area contributed by atoms with E-state index in [0.717, 1.165) is 26.2 Å². The van der Waals surface area contributed by atoms with E-state index in [0.29, 0.717) is 12.8 Å². The molecule has 2 heterocycles. The van der Waals surface area contributed by atoms with Gasteiger partial charge in [-0.05, 0) is 18.6 Å². The summed E-state index contributed by atoms with van der Waals surface area (Å²) >= 11 is 0. The zero-order valence-corrected chi connectivity index (χ0v) is 12.4. The van der Waals surface area contributed by atoms with Crippen molar-refractivity contribution in [3.8, 4) is 0 Å². The largest absolute Gasteiger partial charge is 0.368 e. The fourth-order valence-corrected chi connectivity index (χ4v) is 3.13. The van der Waals surface area contributed by atoms with E-state index in [1.165, 1.54) is 5.69 Å². The van der Waals surface area contributed by atoms with Gasteiger partial charge in [0.1, 0.15) is 6.04 Å². The lowest BCUT2D eigenvalue weighted by Crippen LogP contribution is -2.53. The first kappa shape index (κ1) is 13.9. The van der Waals surface area contributed by atoms with Gasteiger partial charge in [0.15, 0.2) is 0 Å². The standard InChI is InChI=1S/C16H21N3O2/c1-17-14(7-8-15(17)20)16(21)19-11-9-18(10-12-19)13-5-3-2-4-6-13/h2-6,14H,7-12H2,1H3. The number of nitrogens with zero attached hydrogens (tertiary/aromatic N) is 3. The monoisotopic (exact) mass is 287 g/mol. The first-order valence-corrected chi connectivity index (χ1v) is 7.51. The topological polar surface area (TPSA) is 43.9 Å². The summed E-state index contributed by atoms with van der Waals surface area (Å²) in [5.74, 6) is 0.187. The molecule has 0 spiro atoms. The summed E-state index contributed by atoms with van der Waals surface area (Å²) in [6.07, 6.45) is 1.16. The van der Waals surface area contributed by atoms with Gasteiger partial charge in [-0.25, -0.2) is 0 Å². The molecule has 1 atom stereocenters. The molecule has 0 saturated carbocycles. The molecule has 21 heavy (non-hydrogen) atoms.